The molecule has 2 aliphatic rings. The highest BCUT2D eigenvalue weighted by Crippen LogP contribution is 2.25. The second-order valence-corrected chi connectivity index (χ2v) is 12.9. The molecule has 2 aliphatic carbocycles. The summed E-state index contributed by atoms with van der Waals surface area (Å²) in [7, 11) is 0. The maximum atomic E-state index is 13.3. The first-order valence-electron chi connectivity index (χ1n) is 13.6. The summed E-state index contributed by atoms with van der Waals surface area (Å²) >= 11 is 0. The molecule has 10 nitrogen and oxygen atoms in total. The molecule has 37 heavy (non-hydrogen) atoms. The summed E-state index contributed by atoms with van der Waals surface area (Å²) in [6.45, 7) is 14.0. The first-order chi connectivity index (χ1) is 17.0. The Hall–Kier alpha value is -2.52. The number of nitrogens with one attached hydrogen (secondary N) is 4. The van der Waals surface area contributed by atoms with Crippen LogP contribution in [0.3, 0.4) is 0 Å². The van der Waals surface area contributed by atoms with Crippen LogP contribution in [0.4, 0.5) is 9.59 Å². The van der Waals surface area contributed by atoms with Gasteiger partial charge in [-0.2, -0.15) is 0 Å². The number of hydrogen-bond donors (Lipinski definition) is 4. The molecule has 0 heterocycles. The number of carbonyl (C=O) groups is 4. The van der Waals surface area contributed by atoms with Crippen molar-refractivity contribution in [3.8, 4) is 0 Å². The van der Waals surface area contributed by atoms with Crippen LogP contribution in [0.15, 0.2) is 0 Å². The smallest absolute Gasteiger partial charge is 0.407 e. The highest BCUT2D eigenvalue weighted by Gasteiger charge is 2.41. The largest absolute Gasteiger partial charge is 0.444 e. The summed E-state index contributed by atoms with van der Waals surface area (Å²) < 4.78 is 10.8. The lowest BCUT2D eigenvalue weighted by atomic mass is 9.85. The molecule has 2 rings (SSSR count). The highest BCUT2D eigenvalue weighted by atomic mass is 16.6. The van der Waals surface area contributed by atoms with Crippen molar-refractivity contribution in [3.63, 3.8) is 0 Å². The zero-order valence-corrected chi connectivity index (χ0v) is 23.9. The number of amides is 4. The van der Waals surface area contributed by atoms with Crippen LogP contribution in [-0.4, -0.2) is 59.4 Å². The van der Waals surface area contributed by atoms with Crippen molar-refractivity contribution in [2.75, 3.05) is 0 Å². The van der Waals surface area contributed by atoms with E-state index in [4.69, 9.17) is 9.47 Å². The number of hydrogen-bond acceptors (Lipinski definition) is 6. The highest BCUT2D eigenvalue weighted by molar-refractivity contribution is 6.04. The Morgan fingerprint density at radius 1 is 0.514 bits per heavy atom. The standard InChI is InChI=1S/C27H48N4O6/c1-25(2,3)36-23(34)30-19-15-11-9-13-17(19)28-21(32)27(7,8)22(33)29-18-14-10-12-16-20(18)31-24(35)37-26(4,5)6/h17-20H,9-16H2,1-8H3,(H,28,32)(H,29,33)(H,30,34)(H,31,35)/t17-,18-,19-,20-/m1/s1. The van der Waals surface area contributed by atoms with Crippen LogP contribution in [0.2, 0.25) is 0 Å². The molecule has 2 fully saturated rings. The maximum absolute atomic E-state index is 13.3. The summed E-state index contributed by atoms with van der Waals surface area (Å²) in [5.74, 6) is -0.805. The van der Waals surface area contributed by atoms with Crippen LogP contribution in [0.5, 0.6) is 0 Å². The van der Waals surface area contributed by atoms with Gasteiger partial charge in [-0.05, 0) is 81.1 Å². The molecule has 0 aromatic rings. The molecule has 0 spiro atoms. The minimum Gasteiger partial charge on any atom is -0.444 e. The van der Waals surface area contributed by atoms with E-state index < -0.39 is 40.6 Å². The zero-order chi connectivity index (χ0) is 28.0. The molecule has 4 N–H and O–H groups in total. The molecule has 4 amide bonds. The zero-order valence-electron chi connectivity index (χ0n) is 23.9. The van der Waals surface area contributed by atoms with Gasteiger partial charge >= 0.3 is 12.2 Å². The van der Waals surface area contributed by atoms with Crippen molar-refractivity contribution in [2.24, 2.45) is 5.41 Å². The van der Waals surface area contributed by atoms with E-state index >= 15 is 0 Å². The predicted octanol–water partition coefficient (Wildman–Crippen LogP) is 3.92. The number of alkyl carbamates (subject to hydrolysis) is 2. The van der Waals surface area contributed by atoms with E-state index in [1.807, 2.05) is 0 Å². The number of rotatable bonds is 6. The normalized spacial score (nSPS) is 24.9. The first kappa shape index (κ1) is 30.7. The Morgan fingerprint density at radius 2 is 0.784 bits per heavy atom. The molecule has 4 atom stereocenters. The maximum Gasteiger partial charge on any atom is 0.407 e. The van der Waals surface area contributed by atoms with Gasteiger partial charge in [0.2, 0.25) is 11.8 Å². The SMILES string of the molecule is CC(C)(C)OC(=O)N[C@@H]1CCCC[C@H]1NC(=O)C(C)(C)C(=O)N[C@@H]1CCCC[C@H]1NC(=O)OC(C)(C)C. The lowest BCUT2D eigenvalue weighted by Gasteiger charge is -2.37. The quantitative estimate of drug-likeness (QED) is 0.389. The van der Waals surface area contributed by atoms with Gasteiger partial charge in [-0.15, -0.1) is 0 Å². The molecule has 2 saturated carbocycles. The topological polar surface area (TPSA) is 135 Å². The molecule has 10 heteroatoms. The molecule has 0 aliphatic heterocycles. The van der Waals surface area contributed by atoms with E-state index in [0.29, 0.717) is 12.8 Å². The fourth-order valence-corrected chi connectivity index (χ4v) is 4.67. The number of carbonyl (C=O) groups excluding carboxylic acids is 4. The molecular formula is C27H48N4O6. The lowest BCUT2D eigenvalue weighted by Crippen LogP contribution is -2.60. The van der Waals surface area contributed by atoms with Gasteiger partial charge in [0.15, 0.2) is 0 Å². The van der Waals surface area contributed by atoms with Crippen molar-refractivity contribution in [1.29, 1.82) is 0 Å². The summed E-state index contributed by atoms with van der Waals surface area (Å²) in [5, 5.41) is 11.8. The predicted molar refractivity (Wildman–Crippen MR) is 141 cm³/mol. The van der Waals surface area contributed by atoms with Gasteiger partial charge in [0.05, 0.1) is 12.1 Å². The summed E-state index contributed by atoms with van der Waals surface area (Å²) in [5.41, 5.74) is -2.58. The third-order valence-electron chi connectivity index (χ3n) is 6.70. The van der Waals surface area contributed by atoms with Gasteiger partial charge < -0.3 is 30.7 Å². The fraction of sp³-hybridized carbons (Fsp3) is 0.852. The third kappa shape index (κ3) is 10.0. The molecule has 0 saturated heterocycles. The van der Waals surface area contributed by atoms with E-state index in [2.05, 4.69) is 21.3 Å². The van der Waals surface area contributed by atoms with Crippen LogP contribution < -0.4 is 21.3 Å². The van der Waals surface area contributed by atoms with E-state index in [0.717, 1.165) is 38.5 Å². The van der Waals surface area contributed by atoms with Gasteiger partial charge in [0, 0.05) is 12.1 Å². The van der Waals surface area contributed by atoms with Crippen LogP contribution in [-0.2, 0) is 19.1 Å². The summed E-state index contributed by atoms with van der Waals surface area (Å²) in [6.07, 6.45) is 5.52. The van der Waals surface area contributed by atoms with Crippen LogP contribution in [0, 0.1) is 5.41 Å². The summed E-state index contributed by atoms with van der Waals surface area (Å²) in [6, 6.07) is -1.13. The minimum absolute atomic E-state index is 0.271. The van der Waals surface area contributed by atoms with Crippen LogP contribution in [0.1, 0.15) is 107 Å². The first-order valence-corrected chi connectivity index (χ1v) is 13.6. The van der Waals surface area contributed by atoms with Gasteiger partial charge in [-0.25, -0.2) is 9.59 Å². The average molecular weight is 525 g/mol. The Labute approximate surface area is 221 Å². The van der Waals surface area contributed by atoms with E-state index in [9.17, 15) is 19.2 Å². The van der Waals surface area contributed by atoms with Crippen molar-refractivity contribution < 1.29 is 28.7 Å². The van der Waals surface area contributed by atoms with Crippen molar-refractivity contribution in [1.82, 2.24) is 21.3 Å². The molecule has 0 aromatic carbocycles. The lowest BCUT2D eigenvalue weighted by molar-refractivity contribution is -0.142. The monoisotopic (exact) mass is 524 g/mol. The van der Waals surface area contributed by atoms with Crippen molar-refractivity contribution >= 4 is 24.0 Å². The summed E-state index contributed by atoms with van der Waals surface area (Å²) in [4.78, 5) is 51.2. The molecular weight excluding hydrogens is 476 g/mol. The Morgan fingerprint density at radius 3 is 1.05 bits per heavy atom. The second kappa shape index (κ2) is 12.3. The Balaban J connectivity index is 2.00. The molecule has 212 valence electrons. The third-order valence-corrected chi connectivity index (χ3v) is 6.70. The average Bonchev–Trinajstić information content (AvgIpc) is 2.73. The van der Waals surface area contributed by atoms with Crippen molar-refractivity contribution in [3.05, 3.63) is 0 Å². The minimum atomic E-state index is -1.35. The van der Waals surface area contributed by atoms with Crippen LogP contribution >= 0.6 is 0 Å². The van der Waals surface area contributed by atoms with Gasteiger partial charge in [0.25, 0.3) is 0 Å². The molecule has 0 aromatic heterocycles. The van der Waals surface area contributed by atoms with Gasteiger partial charge in [-0.3, -0.25) is 9.59 Å². The van der Waals surface area contributed by atoms with E-state index in [1.54, 1.807) is 55.4 Å². The van der Waals surface area contributed by atoms with Gasteiger partial charge in [-0.1, -0.05) is 25.7 Å². The molecule has 0 bridgehead atoms. The fourth-order valence-electron chi connectivity index (χ4n) is 4.67. The van der Waals surface area contributed by atoms with Crippen LogP contribution in [0.25, 0.3) is 0 Å². The van der Waals surface area contributed by atoms with E-state index in [1.165, 1.54) is 0 Å². The molecule has 0 unspecified atom stereocenters. The van der Waals surface area contributed by atoms with E-state index in [-0.39, 0.29) is 24.2 Å². The molecule has 0 radical (unpaired) electrons. The number of ether oxygens (including phenoxy) is 2. The van der Waals surface area contributed by atoms with Crippen molar-refractivity contribution in [2.45, 2.75) is 142 Å². The Kier molecular flexibility index (Phi) is 10.2. The second-order valence-electron chi connectivity index (χ2n) is 12.9. The van der Waals surface area contributed by atoms with Gasteiger partial charge in [0.1, 0.15) is 16.6 Å². The Bertz CT molecular complexity index is 764.